The topological polar surface area (TPSA) is 73.9 Å². The highest BCUT2D eigenvalue weighted by Gasteiger charge is 2.22. The van der Waals surface area contributed by atoms with Crippen LogP contribution in [0, 0.1) is 12.7 Å². The quantitative estimate of drug-likeness (QED) is 0.364. The Bertz CT molecular complexity index is 991. The molecule has 1 aliphatic rings. The van der Waals surface area contributed by atoms with Gasteiger partial charge in [0.05, 0.1) is 12.2 Å². The van der Waals surface area contributed by atoms with E-state index in [4.69, 9.17) is 9.53 Å². The first-order valence-electron chi connectivity index (χ1n) is 12.2. The molecule has 0 spiro atoms. The Morgan fingerprint density at radius 3 is 2.50 bits per heavy atom. The lowest BCUT2D eigenvalue weighted by Crippen LogP contribution is -2.44. The highest BCUT2D eigenvalue weighted by molar-refractivity contribution is 5.57. The van der Waals surface area contributed by atoms with Crippen LogP contribution in [-0.4, -0.2) is 61.5 Å². The predicted molar refractivity (Wildman–Crippen MR) is 142 cm³/mol. The van der Waals surface area contributed by atoms with Crippen molar-refractivity contribution in [2.24, 2.45) is 0 Å². The molecule has 0 aromatic heterocycles. The van der Waals surface area contributed by atoms with Crippen LogP contribution in [0.5, 0.6) is 0 Å². The fourth-order valence-electron chi connectivity index (χ4n) is 4.32. The van der Waals surface area contributed by atoms with Gasteiger partial charge < -0.3 is 20.3 Å². The van der Waals surface area contributed by atoms with E-state index in [2.05, 4.69) is 36.0 Å². The first kappa shape index (κ1) is 29.0. The standard InChI is InChI=1S/C26H34FN3O2.C2H5NO/c1-5-11-29(18-31)17-24-19(2)7-6-8-26(24)28-13-23-12-22(9-10-25(23)27)16-30-14-20(3)32-21(4)15-30;1-3-2-4/h5-10,12,18,20-21,28H,1,11,13-17H2,2-4H3;2H,1H3,(H,3,4). The minimum atomic E-state index is -0.222. The zero-order valence-corrected chi connectivity index (χ0v) is 21.8. The monoisotopic (exact) mass is 498 g/mol. The van der Waals surface area contributed by atoms with Crippen LogP contribution in [0.4, 0.5) is 10.1 Å². The molecule has 1 fully saturated rings. The summed E-state index contributed by atoms with van der Waals surface area (Å²) in [5.74, 6) is -0.222. The van der Waals surface area contributed by atoms with E-state index in [1.54, 1.807) is 24.1 Å². The third-order valence-corrected chi connectivity index (χ3v) is 5.88. The van der Waals surface area contributed by atoms with E-state index in [0.717, 1.165) is 48.4 Å². The largest absolute Gasteiger partial charge is 0.381 e. The maximum absolute atomic E-state index is 14.6. The Morgan fingerprint density at radius 2 is 1.89 bits per heavy atom. The summed E-state index contributed by atoms with van der Waals surface area (Å²) in [5.41, 5.74) is 4.72. The Labute approximate surface area is 214 Å². The molecule has 2 atom stereocenters. The van der Waals surface area contributed by atoms with Crippen molar-refractivity contribution in [1.82, 2.24) is 15.1 Å². The lowest BCUT2D eigenvalue weighted by Gasteiger charge is -2.35. The number of amides is 2. The number of morpholine rings is 1. The summed E-state index contributed by atoms with van der Waals surface area (Å²) in [6.07, 6.45) is 3.56. The van der Waals surface area contributed by atoms with E-state index in [1.807, 2.05) is 37.3 Å². The number of halogens is 1. The molecule has 3 rings (SSSR count). The van der Waals surface area contributed by atoms with Crippen LogP contribution in [0.25, 0.3) is 0 Å². The molecule has 0 saturated carbocycles. The highest BCUT2D eigenvalue weighted by atomic mass is 19.1. The first-order chi connectivity index (χ1) is 17.3. The van der Waals surface area contributed by atoms with E-state index in [9.17, 15) is 9.18 Å². The average molecular weight is 499 g/mol. The van der Waals surface area contributed by atoms with Gasteiger partial charge >= 0.3 is 0 Å². The fourth-order valence-corrected chi connectivity index (χ4v) is 4.32. The smallest absolute Gasteiger partial charge is 0.210 e. The molecule has 36 heavy (non-hydrogen) atoms. The lowest BCUT2D eigenvalue weighted by atomic mass is 10.0. The molecule has 2 unspecified atom stereocenters. The molecule has 0 bridgehead atoms. The second kappa shape index (κ2) is 15.0. The van der Waals surface area contributed by atoms with Crippen LogP contribution < -0.4 is 10.6 Å². The summed E-state index contributed by atoms with van der Waals surface area (Å²) < 4.78 is 20.4. The van der Waals surface area contributed by atoms with E-state index in [-0.39, 0.29) is 18.0 Å². The average Bonchev–Trinajstić information content (AvgIpc) is 2.85. The highest BCUT2D eigenvalue weighted by Crippen LogP contribution is 2.23. The van der Waals surface area contributed by atoms with Crippen molar-refractivity contribution in [1.29, 1.82) is 0 Å². The maximum Gasteiger partial charge on any atom is 0.210 e. The van der Waals surface area contributed by atoms with Crippen LogP contribution in [0.15, 0.2) is 49.1 Å². The molecule has 1 saturated heterocycles. The molecule has 2 amide bonds. The molecule has 2 aromatic carbocycles. The second-order valence-electron chi connectivity index (χ2n) is 9.06. The zero-order chi connectivity index (χ0) is 26.5. The van der Waals surface area contributed by atoms with Crippen molar-refractivity contribution in [3.8, 4) is 0 Å². The number of anilines is 1. The molecule has 0 aliphatic carbocycles. The molecular weight excluding hydrogens is 459 g/mol. The van der Waals surface area contributed by atoms with E-state index in [1.165, 1.54) is 0 Å². The number of nitrogens with zero attached hydrogens (tertiary/aromatic N) is 2. The number of nitrogens with one attached hydrogen (secondary N) is 2. The summed E-state index contributed by atoms with van der Waals surface area (Å²) in [6, 6.07) is 11.3. The van der Waals surface area contributed by atoms with Gasteiger partial charge in [0.2, 0.25) is 12.8 Å². The van der Waals surface area contributed by atoms with Gasteiger partial charge in [-0.2, -0.15) is 0 Å². The van der Waals surface area contributed by atoms with Crippen molar-refractivity contribution in [2.75, 3.05) is 32.0 Å². The Morgan fingerprint density at radius 1 is 1.19 bits per heavy atom. The predicted octanol–water partition coefficient (Wildman–Crippen LogP) is 3.86. The van der Waals surface area contributed by atoms with Gasteiger partial charge in [-0.25, -0.2) is 4.39 Å². The van der Waals surface area contributed by atoms with E-state index >= 15 is 0 Å². The molecular formula is C28H39FN4O3. The first-order valence-corrected chi connectivity index (χ1v) is 12.2. The molecule has 196 valence electrons. The molecule has 8 heteroatoms. The summed E-state index contributed by atoms with van der Waals surface area (Å²) in [6.45, 7) is 13.7. The number of aryl methyl sites for hydroxylation is 1. The van der Waals surface area contributed by atoms with Gasteiger partial charge in [-0.1, -0.05) is 24.3 Å². The summed E-state index contributed by atoms with van der Waals surface area (Å²) in [5, 5.41) is 5.64. The van der Waals surface area contributed by atoms with Crippen LogP contribution in [0.2, 0.25) is 0 Å². The van der Waals surface area contributed by atoms with Crippen molar-refractivity contribution in [2.45, 2.75) is 52.6 Å². The summed E-state index contributed by atoms with van der Waals surface area (Å²) in [7, 11) is 1.56. The minimum Gasteiger partial charge on any atom is -0.381 e. The van der Waals surface area contributed by atoms with E-state index in [0.29, 0.717) is 31.6 Å². The maximum atomic E-state index is 14.6. The Balaban J connectivity index is 0.00000106. The van der Waals surface area contributed by atoms with Crippen molar-refractivity contribution in [3.63, 3.8) is 0 Å². The van der Waals surface area contributed by atoms with Crippen molar-refractivity contribution in [3.05, 3.63) is 77.1 Å². The van der Waals surface area contributed by atoms with Crippen LogP contribution in [0.3, 0.4) is 0 Å². The third kappa shape index (κ3) is 9.09. The van der Waals surface area contributed by atoms with E-state index < -0.39 is 0 Å². The second-order valence-corrected chi connectivity index (χ2v) is 9.06. The number of hydrogen-bond acceptors (Lipinski definition) is 5. The summed E-state index contributed by atoms with van der Waals surface area (Å²) >= 11 is 0. The molecule has 1 heterocycles. The van der Waals surface area contributed by atoms with Gasteiger partial charge in [0.15, 0.2) is 0 Å². The number of benzene rings is 2. The fraction of sp³-hybridized carbons (Fsp3) is 0.429. The summed E-state index contributed by atoms with van der Waals surface area (Å²) in [4.78, 5) is 24.5. The Hall–Kier alpha value is -3.23. The van der Waals surface area contributed by atoms with Crippen LogP contribution >= 0.6 is 0 Å². The number of carbonyl (C=O) groups is 2. The normalized spacial score (nSPS) is 17.4. The van der Waals surface area contributed by atoms with Gasteiger partial charge in [-0.3, -0.25) is 14.5 Å². The lowest BCUT2D eigenvalue weighted by molar-refractivity contribution is -0.118. The number of ether oxygens (including phenoxy) is 1. The number of rotatable bonds is 11. The van der Waals surface area contributed by atoms with Crippen molar-refractivity contribution < 1.29 is 18.7 Å². The molecule has 7 nitrogen and oxygen atoms in total. The molecule has 0 radical (unpaired) electrons. The van der Waals surface area contributed by atoms with Gasteiger partial charge in [-0.05, 0) is 55.7 Å². The van der Waals surface area contributed by atoms with Gasteiger partial charge in [-0.15, -0.1) is 6.58 Å². The molecule has 1 aliphatic heterocycles. The molecule has 2 N–H and O–H groups in total. The minimum absolute atomic E-state index is 0.201. The zero-order valence-electron chi connectivity index (χ0n) is 21.8. The molecule has 2 aromatic rings. The SMILES string of the molecule is C=CCN(C=O)Cc1c(C)cccc1NCc1cc(CN2CC(C)OC(C)C2)ccc1F.CNC=O. The third-order valence-electron chi connectivity index (χ3n) is 5.88. The Kier molecular flexibility index (Phi) is 12.1. The van der Waals surface area contributed by atoms with Crippen LogP contribution in [0.1, 0.15) is 36.1 Å². The van der Waals surface area contributed by atoms with Gasteiger partial charge in [0.1, 0.15) is 5.82 Å². The number of carbonyl (C=O) groups excluding carboxylic acids is 2. The van der Waals surface area contributed by atoms with Crippen molar-refractivity contribution >= 4 is 18.5 Å². The number of hydrogen-bond donors (Lipinski definition) is 2. The van der Waals surface area contributed by atoms with Gasteiger partial charge in [0, 0.05) is 57.6 Å². The van der Waals surface area contributed by atoms with Gasteiger partial charge in [0.25, 0.3) is 0 Å². The van der Waals surface area contributed by atoms with Crippen LogP contribution in [-0.2, 0) is 34.0 Å².